The molecule has 0 spiro atoms. The van der Waals surface area contributed by atoms with Crippen molar-refractivity contribution in [1.82, 2.24) is 15.5 Å². The SMILES string of the molecule is CCNC(=NCC1(O)CCSC1)NC1CCN(Cc2ccc(Cl)cc2)CC1.I. The highest BCUT2D eigenvalue weighted by atomic mass is 127. The zero-order valence-corrected chi connectivity index (χ0v) is 20.4. The first kappa shape index (κ1) is 24.1. The fraction of sp³-hybridized carbons (Fsp3) is 0.650. The fourth-order valence-corrected chi connectivity index (χ4v) is 4.95. The van der Waals surface area contributed by atoms with Crippen LogP contribution in [0.25, 0.3) is 0 Å². The molecular formula is C20H32ClIN4OS. The van der Waals surface area contributed by atoms with Gasteiger partial charge in [-0.25, -0.2) is 0 Å². The summed E-state index contributed by atoms with van der Waals surface area (Å²) in [6.07, 6.45) is 3.03. The number of guanidine groups is 1. The summed E-state index contributed by atoms with van der Waals surface area (Å²) in [5.41, 5.74) is 0.679. The number of nitrogens with one attached hydrogen (secondary N) is 2. The molecule has 2 aliphatic heterocycles. The molecule has 0 aromatic heterocycles. The minimum atomic E-state index is -0.630. The average Bonchev–Trinajstić information content (AvgIpc) is 3.10. The molecule has 2 fully saturated rings. The second-order valence-electron chi connectivity index (χ2n) is 7.54. The molecule has 8 heteroatoms. The molecule has 0 aliphatic carbocycles. The number of thioether (sulfide) groups is 1. The van der Waals surface area contributed by atoms with Gasteiger partial charge in [0.2, 0.25) is 0 Å². The topological polar surface area (TPSA) is 59.9 Å². The Kier molecular flexibility index (Phi) is 10.2. The lowest BCUT2D eigenvalue weighted by molar-refractivity contribution is 0.0778. The number of hydrogen-bond acceptors (Lipinski definition) is 4. The predicted molar refractivity (Wildman–Crippen MR) is 131 cm³/mol. The van der Waals surface area contributed by atoms with E-state index in [0.717, 1.165) is 67.9 Å². The van der Waals surface area contributed by atoms with Crippen LogP contribution in [0.4, 0.5) is 0 Å². The van der Waals surface area contributed by atoms with Crippen molar-refractivity contribution in [2.45, 2.75) is 44.4 Å². The van der Waals surface area contributed by atoms with Crippen LogP contribution >= 0.6 is 47.3 Å². The van der Waals surface area contributed by atoms with Crippen molar-refractivity contribution in [2.24, 2.45) is 4.99 Å². The van der Waals surface area contributed by atoms with E-state index >= 15 is 0 Å². The molecule has 2 saturated heterocycles. The highest BCUT2D eigenvalue weighted by molar-refractivity contribution is 14.0. The monoisotopic (exact) mass is 538 g/mol. The van der Waals surface area contributed by atoms with Gasteiger partial charge in [0.05, 0.1) is 12.1 Å². The van der Waals surface area contributed by atoms with Gasteiger partial charge < -0.3 is 15.7 Å². The van der Waals surface area contributed by atoms with E-state index in [4.69, 9.17) is 11.6 Å². The van der Waals surface area contributed by atoms with E-state index in [1.807, 2.05) is 23.9 Å². The van der Waals surface area contributed by atoms with Gasteiger partial charge >= 0.3 is 0 Å². The van der Waals surface area contributed by atoms with Gasteiger partial charge in [-0.2, -0.15) is 11.8 Å². The molecule has 28 heavy (non-hydrogen) atoms. The molecule has 1 unspecified atom stereocenters. The largest absolute Gasteiger partial charge is 0.387 e. The third kappa shape index (κ3) is 7.55. The van der Waals surface area contributed by atoms with Gasteiger partial charge in [-0.1, -0.05) is 23.7 Å². The van der Waals surface area contributed by atoms with E-state index in [1.54, 1.807) is 0 Å². The Labute approximate surface area is 195 Å². The lowest BCUT2D eigenvalue weighted by atomic mass is 10.0. The number of piperidine rings is 1. The number of likely N-dealkylation sites (tertiary alicyclic amines) is 1. The van der Waals surface area contributed by atoms with Crippen LogP contribution < -0.4 is 10.6 Å². The highest BCUT2D eigenvalue weighted by Crippen LogP contribution is 2.27. The maximum atomic E-state index is 10.5. The summed E-state index contributed by atoms with van der Waals surface area (Å²) in [7, 11) is 0. The van der Waals surface area contributed by atoms with E-state index < -0.39 is 5.60 Å². The second kappa shape index (κ2) is 11.8. The number of nitrogens with zero attached hydrogens (tertiary/aromatic N) is 2. The first-order chi connectivity index (χ1) is 13.1. The molecule has 3 N–H and O–H groups in total. The van der Waals surface area contributed by atoms with Crippen LogP contribution in [-0.2, 0) is 6.54 Å². The first-order valence-corrected chi connectivity index (χ1v) is 11.4. The molecule has 2 heterocycles. The van der Waals surface area contributed by atoms with Crippen molar-refractivity contribution in [3.63, 3.8) is 0 Å². The van der Waals surface area contributed by atoms with Gasteiger partial charge in [-0.3, -0.25) is 9.89 Å². The number of rotatable bonds is 6. The third-order valence-corrected chi connectivity index (χ3v) is 6.69. The van der Waals surface area contributed by atoms with Crippen molar-refractivity contribution in [2.75, 3.05) is 37.7 Å². The normalized spacial score (nSPS) is 24.0. The van der Waals surface area contributed by atoms with E-state index in [1.165, 1.54) is 5.56 Å². The van der Waals surface area contributed by atoms with Crippen molar-refractivity contribution < 1.29 is 5.11 Å². The molecule has 3 rings (SSSR count). The Balaban J connectivity index is 0.00000280. The molecule has 0 bridgehead atoms. The second-order valence-corrected chi connectivity index (χ2v) is 9.08. The van der Waals surface area contributed by atoms with Crippen molar-refractivity contribution >= 4 is 53.3 Å². The van der Waals surface area contributed by atoms with Gasteiger partial charge in [0.1, 0.15) is 0 Å². The van der Waals surface area contributed by atoms with Crippen LogP contribution in [0.15, 0.2) is 29.3 Å². The lowest BCUT2D eigenvalue weighted by Crippen LogP contribution is -2.49. The molecule has 5 nitrogen and oxygen atoms in total. The zero-order chi connectivity index (χ0) is 19.1. The predicted octanol–water partition coefficient (Wildman–Crippen LogP) is 3.35. The van der Waals surface area contributed by atoms with Gasteiger partial charge in [0, 0.05) is 43.0 Å². The standard InChI is InChI=1S/C20H31ClN4OS.HI/c1-2-22-19(23-14-20(26)9-12-27-15-20)24-18-7-10-25(11-8-18)13-16-3-5-17(21)6-4-16;/h3-6,18,26H,2,7-15H2,1H3,(H2,22,23,24);1H. The van der Waals surface area contributed by atoms with E-state index in [0.29, 0.717) is 12.6 Å². The molecular weight excluding hydrogens is 507 g/mol. The van der Waals surface area contributed by atoms with Gasteiger partial charge in [-0.05, 0) is 49.6 Å². The maximum absolute atomic E-state index is 10.5. The summed E-state index contributed by atoms with van der Waals surface area (Å²) in [6.45, 7) is 6.49. The highest BCUT2D eigenvalue weighted by Gasteiger charge is 2.31. The maximum Gasteiger partial charge on any atom is 0.191 e. The lowest BCUT2D eigenvalue weighted by Gasteiger charge is -2.33. The molecule has 1 aromatic carbocycles. The van der Waals surface area contributed by atoms with Crippen LogP contribution in [0, 0.1) is 0 Å². The molecule has 1 aromatic rings. The first-order valence-electron chi connectivity index (χ1n) is 9.88. The number of aliphatic imine (C=N–C) groups is 1. The zero-order valence-electron chi connectivity index (χ0n) is 16.5. The molecule has 0 radical (unpaired) electrons. The van der Waals surface area contributed by atoms with Gasteiger partial charge in [0.15, 0.2) is 5.96 Å². The Morgan fingerprint density at radius 3 is 2.64 bits per heavy atom. The van der Waals surface area contributed by atoms with Crippen molar-refractivity contribution in [3.05, 3.63) is 34.9 Å². The van der Waals surface area contributed by atoms with E-state index in [2.05, 4.69) is 39.6 Å². The van der Waals surface area contributed by atoms with E-state index in [9.17, 15) is 5.11 Å². The summed E-state index contributed by atoms with van der Waals surface area (Å²) in [5, 5.41) is 18.2. The summed E-state index contributed by atoms with van der Waals surface area (Å²) in [5.74, 6) is 2.65. The minimum absolute atomic E-state index is 0. The Hall–Kier alpha value is -0.220. The fourth-order valence-electron chi connectivity index (χ4n) is 3.54. The summed E-state index contributed by atoms with van der Waals surface area (Å²) >= 11 is 7.78. The summed E-state index contributed by atoms with van der Waals surface area (Å²) in [6, 6.07) is 8.56. The smallest absolute Gasteiger partial charge is 0.191 e. The minimum Gasteiger partial charge on any atom is -0.387 e. The van der Waals surface area contributed by atoms with Gasteiger partial charge in [-0.15, -0.1) is 24.0 Å². The van der Waals surface area contributed by atoms with Crippen molar-refractivity contribution in [1.29, 1.82) is 0 Å². The summed E-state index contributed by atoms with van der Waals surface area (Å²) < 4.78 is 0. The molecule has 0 saturated carbocycles. The molecule has 2 aliphatic rings. The average molecular weight is 539 g/mol. The van der Waals surface area contributed by atoms with Gasteiger partial charge in [0.25, 0.3) is 0 Å². The van der Waals surface area contributed by atoms with Crippen LogP contribution in [0.1, 0.15) is 31.7 Å². The van der Waals surface area contributed by atoms with Crippen molar-refractivity contribution in [3.8, 4) is 0 Å². The Morgan fingerprint density at radius 1 is 1.32 bits per heavy atom. The molecule has 0 amide bonds. The number of hydrogen-bond donors (Lipinski definition) is 3. The number of aliphatic hydroxyl groups is 1. The number of halogens is 2. The summed E-state index contributed by atoms with van der Waals surface area (Å²) in [4.78, 5) is 7.15. The Morgan fingerprint density at radius 2 is 2.04 bits per heavy atom. The van der Waals surface area contributed by atoms with Crippen LogP contribution in [0.2, 0.25) is 5.02 Å². The molecule has 1 atom stereocenters. The Bertz CT molecular complexity index is 617. The number of benzene rings is 1. The van der Waals surface area contributed by atoms with E-state index in [-0.39, 0.29) is 24.0 Å². The van der Waals surface area contributed by atoms with Crippen LogP contribution in [0.3, 0.4) is 0 Å². The van der Waals surface area contributed by atoms with Crippen LogP contribution in [-0.4, -0.2) is 65.3 Å². The van der Waals surface area contributed by atoms with Crippen LogP contribution in [0.5, 0.6) is 0 Å². The third-order valence-electron chi connectivity index (χ3n) is 5.21. The molecule has 158 valence electrons. The quantitative estimate of drug-likeness (QED) is 0.295.